The Morgan fingerprint density at radius 2 is 1.79 bits per heavy atom. The fraction of sp³-hybridized carbons (Fsp3) is 0.432. The SMILES string of the molecule is C=CCC(CC)(CC)C(=O)N1CCN(c2ccc(-c3cc(NC(C)C)c(C=N)c(C(=O)NCc4c(C)cc(C)[nH]c4=O)c3)cn2)CC1. The summed E-state index contributed by atoms with van der Waals surface area (Å²) >= 11 is 0. The lowest BCUT2D eigenvalue weighted by atomic mass is 9.77. The molecule has 1 aliphatic heterocycles. The van der Waals surface area contributed by atoms with E-state index in [-0.39, 0.29) is 35.4 Å². The molecule has 0 unspecified atom stereocenters. The summed E-state index contributed by atoms with van der Waals surface area (Å²) < 4.78 is 0. The molecule has 3 aromatic rings. The number of aryl methyl sites for hydroxylation is 2. The van der Waals surface area contributed by atoms with Gasteiger partial charge in [0.2, 0.25) is 5.91 Å². The zero-order valence-electron chi connectivity index (χ0n) is 28.6. The maximum atomic E-state index is 13.6. The van der Waals surface area contributed by atoms with Gasteiger partial charge in [-0.1, -0.05) is 19.9 Å². The average Bonchev–Trinajstić information content (AvgIpc) is 3.06. The van der Waals surface area contributed by atoms with E-state index in [0.29, 0.717) is 55.0 Å². The maximum Gasteiger partial charge on any atom is 0.253 e. The number of pyridine rings is 2. The van der Waals surface area contributed by atoms with E-state index in [2.05, 4.69) is 40.9 Å². The van der Waals surface area contributed by atoms with Gasteiger partial charge in [-0.3, -0.25) is 14.4 Å². The zero-order valence-corrected chi connectivity index (χ0v) is 28.6. The molecule has 0 radical (unpaired) electrons. The number of anilines is 2. The summed E-state index contributed by atoms with van der Waals surface area (Å²) in [5.74, 6) is 0.666. The van der Waals surface area contributed by atoms with Crippen LogP contribution in [0.4, 0.5) is 11.5 Å². The number of aromatic nitrogens is 2. The van der Waals surface area contributed by atoms with Crippen molar-refractivity contribution in [3.63, 3.8) is 0 Å². The standard InChI is InChI=1S/C37H49N7O3/c1-8-13-37(9-2,10-3)36(47)44-16-14-43(15-17-44)33-12-11-27(22-39-33)28-19-29(30(21-38)32(20-28)41-24(4)5)34(45)40-23-31-25(6)18-26(7)42-35(31)46/h8,11-12,18-22,24,38,41H,1,9-10,13-17,23H2,2-7H3,(H,40,45)(H,42,46). The third-order valence-corrected chi connectivity index (χ3v) is 9.25. The van der Waals surface area contributed by atoms with Crippen molar-refractivity contribution in [3.8, 4) is 11.1 Å². The number of carbonyl (C=O) groups excluding carboxylic acids is 2. The van der Waals surface area contributed by atoms with Crippen molar-refractivity contribution < 1.29 is 9.59 Å². The second-order valence-electron chi connectivity index (χ2n) is 12.7. The molecular formula is C37H49N7O3. The Bertz CT molecular complexity index is 1660. The van der Waals surface area contributed by atoms with Crippen molar-refractivity contribution in [1.82, 2.24) is 20.2 Å². The number of H-pyrrole nitrogens is 1. The van der Waals surface area contributed by atoms with Crippen molar-refractivity contribution in [2.75, 3.05) is 36.4 Å². The van der Waals surface area contributed by atoms with Crippen LogP contribution in [0.2, 0.25) is 0 Å². The molecule has 10 nitrogen and oxygen atoms in total. The van der Waals surface area contributed by atoms with E-state index in [1.54, 1.807) is 12.3 Å². The highest BCUT2D eigenvalue weighted by Gasteiger charge is 2.38. The summed E-state index contributed by atoms with van der Waals surface area (Å²) in [6.07, 6.45) is 7.11. The first-order chi connectivity index (χ1) is 22.5. The number of allylic oxidation sites excluding steroid dienone is 1. The number of amides is 2. The minimum Gasteiger partial charge on any atom is -0.382 e. The number of nitrogens with zero attached hydrogens (tertiary/aromatic N) is 3. The smallest absolute Gasteiger partial charge is 0.253 e. The number of nitrogens with one attached hydrogen (secondary N) is 4. The number of piperazine rings is 1. The fourth-order valence-corrected chi connectivity index (χ4v) is 6.38. The Morgan fingerprint density at radius 1 is 1.09 bits per heavy atom. The van der Waals surface area contributed by atoms with Crippen molar-refractivity contribution in [2.45, 2.75) is 73.4 Å². The van der Waals surface area contributed by atoms with Crippen LogP contribution in [-0.2, 0) is 11.3 Å². The molecule has 1 aliphatic rings. The van der Waals surface area contributed by atoms with Gasteiger partial charge in [-0.2, -0.15) is 0 Å². The maximum absolute atomic E-state index is 13.6. The molecule has 2 aromatic heterocycles. The largest absolute Gasteiger partial charge is 0.382 e. The Kier molecular flexibility index (Phi) is 11.4. The minimum atomic E-state index is -0.382. The van der Waals surface area contributed by atoms with Crippen LogP contribution in [0.25, 0.3) is 11.1 Å². The first kappa shape index (κ1) is 35.1. The molecule has 1 saturated heterocycles. The van der Waals surface area contributed by atoms with Gasteiger partial charge in [0.1, 0.15) is 5.82 Å². The van der Waals surface area contributed by atoms with Gasteiger partial charge in [-0.05, 0) is 88.4 Å². The Labute approximate surface area is 278 Å². The molecular weight excluding hydrogens is 590 g/mol. The van der Waals surface area contributed by atoms with Gasteiger partial charge in [-0.15, -0.1) is 6.58 Å². The monoisotopic (exact) mass is 639 g/mol. The second-order valence-corrected chi connectivity index (χ2v) is 12.7. The normalized spacial score (nSPS) is 13.4. The van der Waals surface area contributed by atoms with Gasteiger partial charge < -0.3 is 30.8 Å². The quantitative estimate of drug-likeness (QED) is 0.137. The van der Waals surface area contributed by atoms with E-state index >= 15 is 0 Å². The number of carbonyl (C=O) groups is 2. The summed E-state index contributed by atoms with van der Waals surface area (Å²) in [5.41, 5.74) is 4.52. The Balaban J connectivity index is 1.55. The highest BCUT2D eigenvalue weighted by atomic mass is 16.2. The average molecular weight is 640 g/mol. The summed E-state index contributed by atoms with van der Waals surface area (Å²) in [6.45, 7) is 18.5. The molecule has 2 amide bonds. The van der Waals surface area contributed by atoms with Gasteiger partial charge in [0.15, 0.2) is 0 Å². The van der Waals surface area contributed by atoms with Gasteiger partial charge in [0.05, 0.1) is 11.0 Å². The lowest BCUT2D eigenvalue weighted by Crippen LogP contribution is -2.53. The number of hydrogen-bond acceptors (Lipinski definition) is 7. The minimum absolute atomic E-state index is 0.0656. The van der Waals surface area contributed by atoms with Crippen LogP contribution in [0.5, 0.6) is 0 Å². The van der Waals surface area contributed by atoms with E-state index in [9.17, 15) is 14.4 Å². The summed E-state index contributed by atoms with van der Waals surface area (Å²) in [7, 11) is 0. The van der Waals surface area contributed by atoms with Crippen molar-refractivity contribution in [2.24, 2.45) is 5.41 Å². The molecule has 1 fully saturated rings. The molecule has 10 heteroatoms. The van der Waals surface area contributed by atoms with Crippen LogP contribution < -0.4 is 21.1 Å². The van der Waals surface area contributed by atoms with E-state index in [0.717, 1.165) is 41.0 Å². The van der Waals surface area contributed by atoms with Crippen LogP contribution in [0.1, 0.15) is 79.7 Å². The Hall–Kier alpha value is -4.73. The van der Waals surface area contributed by atoms with Gasteiger partial charge in [0, 0.05) is 79.2 Å². The summed E-state index contributed by atoms with van der Waals surface area (Å²) in [5, 5.41) is 14.4. The molecule has 3 heterocycles. The molecule has 4 N–H and O–H groups in total. The van der Waals surface area contributed by atoms with Crippen LogP contribution in [0.3, 0.4) is 0 Å². The molecule has 4 rings (SSSR count). The lowest BCUT2D eigenvalue weighted by Gasteiger charge is -2.40. The molecule has 0 spiro atoms. The van der Waals surface area contributed by atoms with Crippen LogP contribution >= 0.6 is 0 Å². The molecule has 0 saturated carbocycles. The van der Waals surface area contributed by atoms with E-state index in [1.807, 2.05) is 62.9 Å². The first-order valence-electron chi connectivity index (χ1n) is 16.5. The highest BCUT2D eigenvalue weighted by molar-refractivity contribution is 6.06. The van der Waals surface area contributed by atoms with Crippen LogP contribution in [0, 0.1) is 24.7 Å². The number of aromatic amines is 1. The highest BCUT2D eigenvalue weighted by Crippen LogP contribution is 2.34. The molecule has 1 aromatic carbocycles. The Morgan fingerprint density at radius 3 is 2.34 bits per heavy atom. The summed E-state index contributed by atoms with van der Waals surface area (Å²) in [6, 6.07) is 9.60. The van der Waals surface area contributed by atoms with Crippen molar-refractivity contribution in [3.05, 3.63) is 87.5 Å². The van der Waals surface area contributed by atoms with E-state index < -0.39 is 0 Å². The predicted molar refractivity (Wildman–Crippen MR) is 191 cm³/mol. The van der Waals surface area contributed by atoms with Gasteiger partial charge >= 0.3 is 0 Å². The number of rotatable bonds is 13. The van der Waals surface area contributed by atoms with Crippen LogP contribution in [-0.4, -0.2) is 65.1 Å². The fourth-order valence-electron chi connectivity index (χ4n) is 6.38. The second kappa shape index (κ2) is 15.2. The van der Waals surface area contributed by atoms with Crippen molar-refractivity contribution in [1.29, 1.82) is 5.41 Å². The predicted octanol–water partition coefficient (Wildman–Crippen LogP) is 5.83. The van der Waals surface area contributed by atoms with Gasteiger partial charge in [0.25, 0.3) is 11.5 Å². The molecule has 0 aliphatic carbocycles. The van der Waals surface area contributed by atoms with E-state index in [1.165, 1.54) is 6.21 Å². The number of hydrogen-bond donors (Lipinski definition) is 4. The third kappa shape index (κ3) is 7.81. The van der Waals surface area contributed by atoms with Crippen molar-refractivity contribution >= 4 is 29.5 Å². The van der Waals surface area contributed by atoms with Crippen LogP contribution in [0.15, 0.2) is 54.0 Å². The molecule has 0 atom stereocenters. The van der Waals surface area contributed by atoms with E-state index in [4.69, 9.17) is 10.4 Å². The van der Waals surface area contributed by atoms with Gasteiger partial charge in [-0.25, -0.2) is 4.98 Å². The molecule has 47 heavy (non-hydrogen) atoms. The first-order valence-corrected chi connectivity index (χ1v) is 16.5. The summed E-state index contributed by atoms with van der Waals surface area (Å²) in [4.78, 5) is 51.3. The third-order valence-electron chi connectivity index (χ3n) is 9.25. The lowest BCUT2D eigenvalue weighted by molar-refractivity contribution is -0.143. The molecule has 0 bridgehead atoms. The number of benzene rings is 1. The zero-order chi connectivity index (χ0) is 34.3. The topological polar surface area (TPSA) is 134 Å². The molecule has 250 valence electrons.